The average Bonchev–Trinajstić information content (AvgIpc) is 1.85. The zero-order chi connectivity index (χ0) is 8.43. The van der Waals surface area contributed by atoms with Crippen molar-refractivity contribution in [1.29, 1.82) is 0 Å². The van der Waals surface area contributed by atoms with Gasteiger partial charge >= 0.3 is 0 Å². The third-order valence-corrected chi connectivity index (χ3v) is 1.20. The first kappa shape index (κ1) is 8.33. The highest BCUT2D eigenvalue weighted by molar-refractivity contribution is 6.29. The first-order chi connectivity index (χ1) is 5.09. The van der Waals surface area contributed by atoms with Crippen LogP contribution >= 0.6 is 11.6 Å². The van der Waals surface area contributed by atoms with E-state index in [0.29, 0.717) is 6.07 Å². The summed E-state index contributed by atoms with van der Waals surface area (Å²) in [5, 5.41) is -0.264. The van der Waals surface area contributed by atoms with Crippen molar-refractivity contribution in [1.82, 2.24) is 4.98 Å². The third kappa shape index (κ3) is 2.08. The fourth-order valence-electron chi connectivity index (χ4n) is 0.596. The molecule has 1 aromatic heterocycles. The van der Waals surface area contributed by atoms with Crippen LogP contribution < -0.4 is 0 Å². The van der Waals surface area contributed by atoms with Crippen LogP contribution in [0.15, 0.2) is 12.1 Å². The number of pyridine rings is 1. The van der Waals surface area contributed by atoms with E-state index >= 15 is 0 Å². The molecule has 0 amide bonds. The van der Waals surface area contributed by atoms with Gasteiger partial charge in [0.15, 0.2) is 0 Å². The van der Waals surface area contributed by atoms with Crippen LogP contribution in [-0.4, -0.2) is 4.98 Å². The smallest absolute Gasteiger partial charge is 0.235 e. The molecule has 0 unspecified atom stereocenters. The number of aromatic nitrogens is 1. The molecule has 0 saturated carbocycles. The topological polar surface area (TPSA) is 12.9 Å². The van der Waals surface area contributed by atoms with Crippen LogP contribution in [0.4, 0.5) is 13.2 Å². The molecular formula is C6H3ClF3N. The lowest BCUT2D eigenvalue weighted by molar-refractivity contribution is 0.145. The molecule has 0 bridgehead atoms. The maximum absolute atomic E-state index is 12.3. The first-order valence-corrected chi connectivity index (χ1v) is 3.08. The highest BCUT2D eigenvalue weighted by Gasteiger charge is 2.10. The van der Waals surface area contributed by atoms with Gasteiger partial charge in [-0.25, -0.2) is 18.2 Å². The van der Waals surface area contributed by atoms with Crippen molar-refractivity contribution >= 4 is 11.6 Å². The van der Waals surface area contributed by atoms with Crippen molar-refractivity contribution in [3.8, 4) is 0 Å². The van der Waals surface area contributed by atoms with E-state index in [1.165, 1.54) is 0 Å². The molecule has 0 spiro atoms. The van der Waals surface area contributed by atoms with Gasteiger partial charge in [-0.15, -0.1) is 0 Å². The lowest BCUT2D eigenvalue weighted by atomic mass is 10.3. The number of rotatable bonds is 1. The molecular weight excluding hydrogens is 179 g/mol. The minimum atomic E-state index is -2.79. The van der Waals surface area contributed by atoms with Crippen molar-refractivity contribution in [2.45, 2.75) is 6.43 Å². The Morgan fingerprint density at radius 3 is 2.45 bits per heavy atom. The second-order valence-corrected chi connectivity index (χ2v) is 2.22. The van der Waals surface area contributed by atoms with E-state index in [0.717, 1.165) is 6.07 Å². The minimum absolute atomic E-state index is 0.264. The molecule has 60 valence electrons. The van der Waals surface area contributed by atoms with Crippen LogP contribution in [0.25, 0.3) is 0 Å². The number of hydrogen-bond donors (Lipinski definition) is 0. The van der Waals surface area contributed by atoms with Gasteiger partial charge in [-0.3, -0.25) is 0 Å². The van der Waals surface area contributed by atoms with Crippen molar-refractivity contribution in [3.63, 3.8) is 0 Å². The number of halogens is 4. The Labute approximate surface area is 65.8 Å². The first-order valence-electron chi connectivity index (χ1n) is 2.70. The Hall–Kier alpha value is -0.770. The second-order valence-electron chi connectivity index (χ2n) is 1.83. The zero-order valence-corrected chi connectivity index (χ0v) is 5.95. The number of nitrogens with zero attached hydrogens (tertiary/aromatic N) is 1. The van der Waals surface area contributed by atoms with Gasteiger partial charge in [-0.1, -0.05) is 11.6 Å². The third-order valence-electron chi connectivity index (χ3n) is 1.00. The van der Waals surface area contributed by atoms with E-state index in [1.54, 1.807) is 0 Å². The highest BCUT2D eigenvalue weighted by Crippen LogP contribution is 2.19. The average molecular weight is 182 g/mol. The molecule has 0 radical (unpaired) electrons. The number of hydrogen-bond acceptors (Lipinski definition) is 1. The van der Waals surface area contributed by atoms with Crippen molar-refractivity contribution in [2.24, 2.45) is 0 Å². The normalized spacial score (nSPS) is 10.6. The van der Waals surface area contributed by atoms with E-state index in [9.17, 15) is 13.2 Å². The van der Waals surface area contributed by atoms with Crippen LogP contribution in [0.2, 0.25) is 5.15 Å². The largest absolute Gasteiger partial charge is 0.280 e. The molecule has 0 saturated heterocycles. The Kier molecular flexibility index (Phi) is 2.34. The van der Waals surface area contributed by atoms with Crippen LogP contribution in [-0.2, 0) is 0 Å². The summed E-state index contributed by atoms with van der Waals surface area (Å²) in [6, 6.07) is 1.52. The van der Waals surface area contributed by atoms with Crippen LogP contribution in [0.1, 0.15) is 12.1 Å². The second kappa shape index (κ2) is 3.09. The Balaban J connectivity index is 3.08. The molecule has 1 nitrogen and oxygen atoms in total. The summed E-state index contributed by atoms with van der Waals surface area (Å²) in [7, 11) is 0. The summed E-state index contributed by atoms with van der Waals surface area (Å²) in [6.07, 6.45) is -2.79. The molecule has 0 aliphatic rings. The molecule has 5 heteroatoms. The van der Waals surface area contributed by atoms with E-state index < -0.39 is 17.9 Å². The lowest BCUT2D eigenvalue weighted by Crippen LogP contribution is -1.91. The van der Waals surface area contributed by atoms with Crippen molar-refractivity contribution < 1.29 is 13.2 Å². The fourth-order valence-corrected chi connectivity index (χ4v) is 0.798. The summed E-state index contributed by atoms with van der Waals surface area (Å²) in [5.74, 6) is -0.805. The van der Waals surface area contributed by atoms with Gasteiger partial charge in [0.05, 0.1) is 0 Å². The molecule has 0 aliphatic carbocycles. The molecule has 1 heterocycles. The Bertz CT molecular complexity index is 244. The van der Waals surface area contributed by atoms with Gasteiger partial charge in [-0.05, 0) is 0 Å². The Morgan fingerprint density at radius 2 is 2.00 bits per heavy atom. The van der Waals surface area contributed by atoms with Gasteiger partial charge in [0.2, 0.25) is 0 Å². The van der Waals surface area contributed by atoms with E-state index in [4.69, 9.17) is 11.6 Å². The van der Waals surface area contributed by atoms with Crippen LogP contribution in [0, 0.1) is 5.82 Å². The van der Waals surface area contributed by atoms with Gasteiger partial charge in [0.1, 0.15) is 16.7 Å². The highest BCUT2D eigenvalue weighted by atomic mass is 35.5. The SMILES string of the molecule is Fc1cc(Cl)nc(C(F)F)c1. The Morgan fingerprint density at radius 1 is 1.36 bits per heavy atom. The molecule has 0 aliphatic heterocycles. The van der Waals surface area contributed by atoms with Crippen LogP contribution in [0.5, 0.6) is 0 Å². The molecule has 0 aromatic carbocycles. The van der Waals surface area contributed by atoms with Gasteiger partial charge in [0.25, 0.3) is 6.43 Å². The van der Waals surface area contributed by atoms with E-state index in [-0.39, 0.29) is 5.15 Å². The summed E-state index contributed by atoms with van der Waals surface area (Å²) in [5.41, 5.74) is -0.644. The summed E-state index contributed by atoms with van der Waals surface area (Å²) in [4.78, 5) is 3.21. The standard InChI is InChI=1S/C6H3ClF3N/c7-5-2-3(8)1-4(11-5)6(9)10/h1-2,6H. The summed E-state index contributed by atoms with van der Waals surface area (Å²) >= 11 is 5.21. The summed E-state index contributed by atoms with van der Waals surface area (Å²) in [6.45, 7) is 0. The zero-order valence-electron chi connectivity index (χ0n) is 5.19. The summed E-state index contributed by atoms with van der Waals surface area (Å²) < 4.78 is 36.0. The number of alkyl halides is 2. The molecule has 0 N–H and O–H groups in total. The molecule has 0 fully saturated rings. The fraction of sp³-hybridized carbons (Fsp3) is 0.167. The van der Waals surface area contributed by atoms with Crippen molar-refractivity contribution in [3.05, 3.63) is 28.8 Å². The molecule has 1 aromatic rings. The molecule has 11 heavy (non-hydrogen) atoms. The maximum Gasteiger partial charge on any atom is 0.280 e. The maximum atomic E-state index is 12.3. The molecule has 1 rings (SSSR count). The van der Waals surface area contributed by atoms with Gasteiger partial charge in [-0.2, -0.15) is 0 Å². The van der Waals surface area contributed by atoms with E-state index in [1.807, 2.05) is 0 Å². The van der Waals surface area contributed by atoms with Crippen LogP contribution in [0.3, 0.4) is 0 Å². The van der Waals surface area contributed by atoms with E-state index in [2.05, 4.69) is 4.98 Å². The molecule has 0 atom stereocenters. The quantitative estimate of drug-likeness (QED) is 0.607. The van der Waals surface area contributed by atoms with Gasteiger partial charge in [0, 0.05) is 12.1 Å². The predicted octanol–water partition coefficient (Wildman–Crippen LogP) is 2.81. The monoisotopic (exact) mass is 181 g/mol. The predicted molar refractivity (Wildman–Crippen MR) is 34.2 cm³/mol. The van der Waals surface area contributed by atoms with Crippen molar-refractivity contribution in [2.75, 3.05) is 0 Å². The minimum Gasteiger partial charge on any atom is -0.235 e. The van der Waals surface area contributed by atoms with Gasteiger partial charge < -0.3 is 0 Å². The lowest BCUT2D eigenvalue weighted by Gasteiger charge is -1.98.